The molecule has 0 spiro atoms. The third-order valence-electron chi connectivity index (χ3n) is 6.71. The molecule has 5 rings (SSSR count). The van der Waals surface area contributed by atoms with E-state index in [1.807, 2.05) is 49.4 Å². The first-order valence-corrected chi connectivity index (χ1v) is 10.4. The number of amides is 2. The van der Waals surface area contributed by atoms with Gasteiger partial charge in [-0.1, -0.05) is 36.4 Å². The topological polar surface area (TPSA) is 82.9 Å². The fourth-order valence-corrected chi connectivity index (χ4v) is 5.09. The number of piperazine rings is 1. The maximum atomic E-state index is 13.8. The Bertz CT molecular complexity index is 1100. The van der Waals surface area contributed by atoms with Crippen LogP contribution < -0.4 is 9.47 Å². The molecule has 0 bridgehead atoms. The summed E-state index contributed by atoms with van der Waals surface area (Å²) in [6.07, 6.45) is 0.734. The molecule has 2 amide bonds. The lowest BCUT2D eigenvalue weighted by Gasteiger charge is -2.43. The van der Waals surface area contributed by atoms with Crippen molar-refractivity contribution in [2.75, 3.05) is 13.8 Å². The lowest BCUT2D eigenvalue weighted by Crippen LogP contribution is -2.62. The van der Waals surface area contributed by atoms with E-state index in [0.717, 1.165) is 11.1 Å². The van der Waals surface area contributed by atoms with Crippen molar-refractivity contribution in [3.63, 3.8) is 0 Å². The van der Waals surface area contributed by atoms with Crippen molar-refractivity contribution in [2.24, 2.45) is 5.41 Å². The first-order chi connectivity index (χ1) is 14.9. The van der Waals surface area contributed by atoms with Crippen molar-refractivity contribution in [2.45, 2.75) is 37.9 Å². The number of carbonyl (C=O) groups excluding carboxylic acids is 2. The highest BCUT2D eigenvalue weighted by molar-refractivity contribution is 5.98. The third-order valence-corrected chi connectivity index (χ3v) is 6.71. The van der Waals surface area contributed by atoms with Gasteiger partial charge in [0.1, 0.15) is 12.1 Å². The molecule has 7 nitrogen and oxygen atoms in total. The first kappa shape index (κ1) is 19.4. The van der Waals surface area contributed by atoms with Crippen LogP contribution in [0.15, 0.2) is 48.5 Å². The minimum Gasteiger partial charge on any atom is -0.454 e. The quantitative estimate of drug-likeness (QED) is 0.767. The molecule has 0 aliphatic carbocycles. The van der Waals surface area contributed by atoms with Crippen LogP contribution in [0, 0.1) is 16.7 Å². The number of nitrogens with zero attached hydrogens (tertiary/aromatic N) is 3. The molecule has 31 heavy (non-hydrogen) atoms. The molecule has 3 aliphatic rings. The number of ether oxygens (including phenoxy) is 2. The molecule has 2 unspecified atom stereocenters. The van der Waals surface area contributed by atoms with Crippen LogP contribution in [0.3, 0.4) is 0 Å². The molecular weight excluding hydrogens is 394 g/mol. The zero-order chi connectivity index (χ0) is 21.8. The standard InChI is InChI=1S/C24H23N3O4/c1-24(13-25)12-18-22(28)26(2)17(10-15-6-4-3-5-7-15)23(29)27(18)21(24)16-8-9-19-20(11-16)31-14-30-19/h3-9,11,17-18,21H,10,12,14H2,1-2H3/t17?,18-,21?,24+/m0/s1. The predicted octanol–water partition coefficient (Wildman–Crippen LogP) is 2.67. The molecule has 4 atom stereocenters. The van der Waals surface area contributed by atoms with Crippen molar-refractivity contribution in [3.8, 4) is 17.6 Å². The number of nitriles is 1. The Kier molecular flexibility index (Phi) is 4.40. The van der Waals surface area contributed by atoms with Gasteiger partial charge < -0.3 is 19.3 Å². The summed E-state index contributed by atoms with van der Waals surface area (Å²) in [6, 6.07) is 15.8. The molecule has 7 heteroatoms. The van der Waals surface area contributed by atoms with Gasteiger partial charge >= 0.3 is 0 Å². The minimum atomic E-state index is -0.897. The normalized spacial score (nSPS) is 29.1. The number of fused-ring (bicyclic) bond motifs is 2. The lowest BCUT2D eigenvalue weighted by molar-refractivity contribution is -0.160. The smallest absolute Gasteiger partial charge is 0.246 e. The SMILES string of the molecule is CN1C(=O)[C@@H]2C[C@](C)(C#N)C(c3ccc4c(c3)OCO4)N2C(=O)C1Cc1ccccc1. The van der Waals surface area contributed by atoms with Crippen molar-refractivity contribution in [3.05, 3.63) is 59.7 Å². The Hall–Kier alpha value is -3.53. The van der Waals surface area contributed by atoms with Crippen LogP contribution in [-0.2, 0) is 16.0 Å². The molecule has 3 aliphatic heterocycles. The molecule has 2 aromatic rings. The van der Waals surface area contributed by atoms with Gasteiger partial charge in [-0.3, -0.25) is 9.59 Å². The van der Waals surface area contributed by atoms with E-state index in [1.165, 1.54) is 0 Å². The third kappa shape index (κ3) is 2.94. The molecular formula is C24H23N3O4. The van der Waals surface area contributed by atoms with Gasteiger partial charge in [-0.2, -0.15) is 5.26 Å². The number of hydrogen-bond acceptors (Lipinski definition) is 5. The van der Waals surface area contributed by atoms with Gasteiger partial charge in [-0.15, -0.1) is 0 Å². The highest BCUT2D eigenvalue weighted by Gasteiger charge is 2.59. The van der Waals surface area contributed by atoms with Crippen LogP contribution in [0.1, 0.15) is 30.5 Å². The molecule has 0 saturated carbocycles. The first-order valence-electron chi connectivity index (χ1n) is 10.4. The summed E-state index contributed by atoms with van der Waals surface area (Å²) >= 11 is 0. The summed E-state index contributed by atoms with van der Waals surface area (Å²) in [7, 11) is 1.68. The van der Waals surface area contributed by atoms with E-state index in [4.69, 9.17) is 9.47 Å². The summed E-state index contributed by atoms with van der Waals surface area (Å²) < 4.78 is 10.9. The Morgan fingerprint density at radius 3 is 2.58 bits per heavy atom. The number of hydrogen-bond donors (Lipinski definition) is 0. The lowest BCUT2D eigenvalue weighted by atomic mass is 9.79. The van der Waals surface area contributed by atoms with E-state index < -0.39 is 23.5 Å². The average molecular weight is 417 g/mol. The second-order valence-corrected chi connectivity index (χ2v) is 8.66. The number of rotatable bonds is 3. The molecule has 0 aromatic heterocycles. The summed E-state index contributed by atoms with van der Waals surface area (Å²) in [6.45, 7) is 1.97. The van der Waals surface area contributed by atoms with Gasteiger partial charge in [0.25, 0.3) is 0 Å². The molecule has 3 heterocycles. The van der Waals surface area contributed by atoms with E-state index in [9.17, 15) is 14.9 Å². The summed E-state index contributed by atoms with van der Waals surface area (Å²) in [5, 5.41) is 10.1. The van der Waals surface area contributed by atoms with Crippen molar-refractivity contribution >= 4 is 11.8 Å². The fourth-order valence-electron chi connectivity index (χ4n) is 5.09. The zero-order valence-corrected chi connectivity index (χ0v) is 17.4. The Morgan fingerprint density at radius 1 is 1.10 bits per heavy atom. The molecule has 2 fully saturated rings. The largest absolute Gasteiger partial charge is 0.454 e. The maximum Gasteiger partial charge on any atom is 0.246 e. The second-order valence-electron chi connectivity index (χ2n) is 8.66. The number of likely N-dealkylation sites (N-methyl/N-ethyl adjacent to an activating group) is 1. The number of benzene rings is 2. The van der Waals surface area contributed by atoms with Gasteiger partial charge in [-0.05, 0) is 36.6 Å². The van der Waals surface area contributed by atoms with E-state index in [2.05, 4.69) is 6.07 Å². The maximum absolute atomic E-state index is 13.8. The molecule has 158 valence electrons. The zero-order valence-electron chi connectivity index (χ0n) is 17.4. The van der Waals surface area contributed by atoms with Crippen LogP contribution in [0.4, 0.5) is 0 Å². The molecule has 2 aromatic carbocycles. The number of carbonyl (C=O) groups is 2. The van der Waals surface area contributed by atoms with Crippen LogP contribution in [-0.4, -0.2) is 47.5 Å². The van der Waals surface area contributed by atoms with Crippen molar-refractivity contribution < 1.29 is 19.1 Å². The summed E-state index contributed by atoms with van der Waals surface area (Å²) in [5.74, 6) is 0.984. The van der Waals surface area contributed by atoms with Gasteiger partial charge in [0, 0.05) is 13.5 Å². The fraction of sp³-hybridized carbons (Fsp3) is 0.375. The molecule has 2 saturated heterocycles. The summed E-state index contributed by atoms with van der Waals surface area (Å²) in [5.41, 5.74) is 0.868. The Balaban J connectivity index is 1.56. The van der Waals surface area contributed by atoms with E-state index in [-0.39, 0.29) is 18.6 Å². The highest BCUT2D eigenvalue weighted by atomic mass is 16.7. The van der Waals surface area contributed by atoms with Crippen LogP contribution in [0.2, 0.25) is 0 Å². The summed E-state index contributed by atoms with van der Waals surface area (Å²) in [4.78, 5) is 30.3. The van der Waals surface area contributed by atoms with Crippen LogP contribution >= 0.6 is 0 Å². The Morgan fingerprint density at radius 2 is 1.84 bits per heavy atom. The highest BCUT2D eigenvalue weighted by Crippen LogP contribution is 2.53. The van der Waals surface area contributed by atoms with E-state index in [0.29, 0.717) is 24.3 Å². The van der Waals surface area contributed by atoms with Gasteiger partial charge in [0.05, 0.1) is 17.5 Å². The van der Waals surface area contributed by atoms with Crippen molar-refractivity contribution in [1.82, 2.24) is 9.80 Å². The van der Waals surface area contributed by atoms with E-state index in [1.54, 1.807) is 22.9 Å². The monoisotopic (exact) mass is 417 g/mol. The van der Waals surface area contributed by atoms with Gasteiger partial charge in [0.2, 0.25) is 18.6 Å². The van der Waals surface area contributed by atoms with Crippen LogP contribution in [0.25, 0.3) is 0 Å². The predicted molar refractivity (Wildman–Crippen MR) is 111 cm³/mol. The molecule has 0 radical (unpaired) electrons. The van der Waals surface area contributed by atoms with Crippen LogP contribution in [0.5, 0.6) is 11.5 Å². The van der Waals surface area contributed by atoms with Crippen molar-refractivity contribution in [1.29, 1.82) is 5.26 Å². The van der Waals surface area contributed by atoms with Gasteiger partial charge in [0.15, 0.2) is 11.5 Å². The average Bonchev–Trinajstić information content (AvgIpc) is 3.38. The minimum absolute atomic E-state index is 0.120. The van der Waals surface area contributed by atoms with E-state index >= 15 is 0 Å². The second kappa shape index (κ2) is 7.02. The molecule has 0 N–H and O–H groups in total. The van der Waals surface area contributed by atoms with Gasteiger partial charge in [-0.25, -0.2) is 0 Å². The Labute approximate surface area is 180 Å².